The molecule has 8 heteroatoms. The van der Waals surface area contributed by atoms with Crippen molar-refractivity contribution in [2.24, 2.45) is 11.8 Å². The van der Waals surface area contributed by atoms with Crippen molar-refractivity contribution < 1.29 is 29.0 Å². The van der Waals surface area contributed by atoms with E-state index in [9.17, 15) is 19.5 Å². The summed E-state index contributed by atoms with van der Waals surface area (Å²) in [4.78, 5) is 38.8. The highest BCUT2D eigenvalue weighted by Gasteiger charge is 2.64. The lowest BCUT2D eigenvalue weighted by Crippen LogP contribution is -2.59. The van der Waals surface area contributed by atoms with Crippen LogP contribution in [0.1, 0.15) is 35.1 Å². The highest BCUT2D eigenvalue weighted by Crippen LogP contribution is 2.62. The van der Waals surface area contributed by atoms with Crippen LogP contribution in [0.2, 0.25) is 5.02 Å². The molecule has 2 N–H and O–H groups in total. The Bertz CT molecular complexity index is 1420. The smallest absolute Gasteiger partial charge is 0.330 e. The van der Waals surface area contributed by atoms with Crippen LogP contribution in [0.25, 0.3) is 0 Å². The number of amides is 1. The van der Waals surface area contributed by atoms with Crippen molar-refractivity contribution in [1.82, 2.24) is 0 Å². The molecule has 0 aliphatic heterocycles. The minimum Gasteiger partial charge on any atom is -0.481 e. The summed E-state index contributed by atoms with van der Waals surface area (Å²) in [5, 5.41) is 14.0. The zero-order valence-electron chi connectivity index (χ0n) is 20.6. The van der Waals surface area contributed by atoms with Gasteiger partial charge < -0.3 is 19.9 Å². The molecule has 0 fully saturated rings. The Morgan fingerprint density at radius 2 is 1.74 bits per heavy atom. The van der Waals surface area contributed by atoms with E-state index in [1.54, 1.807) is 43.3 Å². The number of ether oxygens (including phenoxy) is 2. The summed E-state index contributed by atoms with van der Waals surface area (Å²) in [5.41, 5.74) is 1.82. The second kappa shape index (κ2) is 10.1. The summed E-state index contributed by atoms with van der Waals surface area (Å²) >= 11 is 6.42. The van der Waals surface area contributed by atoms with Gasteiger partial charge in [-0.3, -0.25) is 9.59 Å². The monoisotopic (exact) mass is 531 g/mol. The van der Waals surface area contributed by atoms with Crippen molar-refractivity contribution in [1.29, 1.82) is 0 Å². The summed E-state index contributed by atoms with van der Waals surface area (Å²) in [5.74, 6) is -5.06. The number of rotatable bonds is 8. The zero-order chi connectivity index (χ0) is 27.0. The van der Waals surface area contributed by atoms with Gasteiger partial charge in [-0.05, 0) is 53.4 Å². The van der Waals surface area contributed by atoms with E-state index in [2.05, 4.69) is 11.9 Å². The van der Waals surface area contributed by atoms with Crippen molar-refractivity contribution in [3.8, 4) is 0 Å². The molecule has 2 bridgehead atoms. The Morgan fingerprint density at radius 1 is 1.05 bits per heavy atom. The van der Waals surface area contributed by atoms with Crippen LogP contribution < -0.4 is 5.32 Å². The number of aliphatic carboxylic acids is 1. The third kappa shape index (κ3) is 4.18. The fourth-order valence-corrected chi connectivity index (χ4v) is 6.03. The maximum atomic E-state index is 13.9. The molecule has 3 aromatic rings. The number of carboxylic acids is 1. The van der Waals surface area contributed by atoms with Crippen LogP contribution in [-0.2, 0) is 29.5 Å². The van der Waals surface area contributed by atoms with Crippen molar-refractivity contribution in [2.45, 2.75) is 24.5 Å². The van der Waals surface area contributed by atoms with Gasteiger partial charge in [0.05, 0.1) is 12.5 Å². The first-order valence-corrected chi connectivity index (χ1v) is 12.6. The number of hydrogen-bond donors (Lipinski definition) is 2. The van der Waals surface area contributed by atoms with Gasteiger partial charge in [0.25, 0.3) is 0 Å². The van der Waals surface area contributed by atoms with E-state index in [1.807, 2.05) is 36.4 Å². The van der Waals surface area contributed by atoms with Crippen molar-refractivity contribution >= 4 is 35.1 Å². The Balaban J connectivity index is 1.69. The van der Waals surface area contributed by atoms with Gasteiger partial charge in [-0.15, -0.1) is 0 Å². The minimum atomic E-state index is -1.56. The zero-order valence-corrected chi connectivity index (χ0v) is 21.4. The molecule has 1 amide bonds. The number of anilines is 1. The predicted octanol–water partition coefficient (Wildman–Crippen LogP) is 5.13. The van der Waals surface area contributed by atoms with E-state index in [0.717, 1.165) is 17.2 Å². The molecule has 0 aromatic heterocycles. The number of nitrogens with one attached hydrogen (secondary N) is 1. The Morgan fingerprint density at radius 3 is 2.45 bits per heavy atom. The number of benzene rings is 3. The molecule has 3 aliphatic rings. The molecule has 3 aliphatic carbocycles. The molecule has 7 nitrogen and oxygen atoms in total. The number of halogens is 1. The summed E-state index contributed by atoms with van der Waals surface area (Å²) in [6.45, 7) is 4.94. The summed E-state index contributed by atoms with van der Waals surface area (Å²) in [7, 11) is 0. The number of carbonyl (C=O) groups excluding carboxylic acids is 2. The van der Waals surface area contributed by atoms with E-state index in [0.29, 0.717) is 21.8 Å². The average Bonchev–Trinajstić information content (AvgIpc) is 2.91. The lowest BCUT2D eigenvalue weighted by molar-refractivity contribution is -0.175. The first-order valence-electron chi connectivity index (χ1n) is 12.2. The van der Waals surface area contributed by atoms with Crippen LogP contribution in [0.5, 0.6) is 0 Å². The topological polar surface area (TPSA) is 102 Å². The molecular formula is C30H26ClNO6. The molecule has 0 saturated carbocycles. The number of carboxylic acid groups (broad SMARTS) is 1. The number of hydrogen-bond acceptors (Lipinski definition) is 5. The Labute approximate surface area is 225 Å². The molecule has 0 spiro atoms. The Hall–Kier alpha value is -3.94. The maximum Gasteiger partial charge on any atom is 0.330 e. The lowest BCUT2D eigenvalue weighted by atomic mass is 9.51. The largest absolute Gasteiger partial charge is 0.481 e. The summed E-state index contributed by atoms with van der Waals surface area (Å²) in [6, 6.07) is 21.6. The highest BCUT2D eigenvalue weighted by atomic mass is 35.5. The minimum absolute atomic E-state index is 0.124. The molecular weight excluding hydrogens is 506 g/mol. The van der Waals surface area contributed by atoms with E-state index < -0.39 is 47.3 Å². The third-order valence-corrected chi connectivity index (χ3v) is 7.48. The molecule has 38 heavy (non-hydrogen) atoms. The first-order chi connectivity index (χ1) is 18.3. The van der Waals surface area contributed by atoms with E-state index >= 15 is 0 Å². The van der Waals surface area contributed by atoms with E-state index in [-0.39, 0.29) is 6.61 Å². The summed E-state index contributed by atoms with van der Waals surface area (Å²) in [6.07, 6.45) is 0.338. The van der Waals surface area contributed by atoms with Crippen molar-refractivity contribution in [3.05, 3.63) is 113 Å². The molecule has 5 atom stereocenters. The van der Waals surface area contributed by atoms with Gasteiger partial charge in [0.1, 0.15) is 17.6 Å². The number of carbonyl (C=O) groups is 3. The SMILES string of the molecule is C=CC(=O)OC(C)COC12c3ccccc3C(c3ccc(Cl)cc31)C(C(=O)Nc1ccccc1)C2C(=O)O. The second-order valence-electron chi connectivity index (χ2n) is 9.49. The van der Waals surface area contributed by atoms with Crippen LogP contribution in [0, 0.1) is 11.8 Å². The molecule has 0 saturated heterocycles. The number of fused-ring (bicyclic) bond motifs is 1. The highest BCUT2D eigenvalue weighted by molar-refractivity contribution is 6.30. The third-order valence-electron chi connectivity index (χ3n) is 7.24. The normalized spacial score (nSPS) is 23.5. The number of para-hydroxylation sites is 1. The van der Waals surface area contributed by atoms with Gasteiger partial charge in [0.2, 0.25) is 5.91 Å². The van der Waals surface area contributed by atoms with Gasteiger partial charge in [-0.2, -0.15) is 0 Å². The van der Waals surface area contributed by atoms with Gasteiger partial charge in [-0.25, -0.2) is 4.79 Å². The van der Waals surface area contributed by atoms with Gasteiger partial charge in [0, 0.05) is 22.7 Å². The van der Waals surface area contributed by atoms with Crippen LogP contribution in [-0.4, -0.2) is 35.7 Å². The predicted molar refractivity (Wildman–Crippen MR) is 142 cm³/mol. The molecule has 6 rings (SSSR count). The van der Waals surface area contributed by atoms with Gasteiger partial charge >= 0.3 is 11.9 Å². The molecule has 0 heterocycles. The van der Waals surface area contributed by atoms with E-state index in [1.165, 1.54) is 0 Å². The van der Waals surface area contributed by atoms with Gasteiger partial charge in [0.15, 0.2) is 0 Å². The second-order valence-corrected chi connectivity index (χ2v) is 9.93. The average molecular weight is 532 g/mol. The Kier molecular flexibility index (Phi) is 6.82. The van der Waals surface area contributed by atoms with Crippen molar-refractivity contribution in [2.75, 3.05) is 11.9 Å². The standard InChI is InChI=1S/C30H26ClNO6/c1-3-24(33)38-17(2)16-37-30-22-12-8-7-11-20(22)25(21-14-13-18(31)15-23(21)30)26(27(30)29(35)36)28(34)32-19-9-5-4-6-10-19/h3-15,17,25-27H,1,16H2,2H3,(H,32,34)(H,35,36). The van der Waals surface area contributed by atoms with E-state index in [4.69, 9.17) is 21.1 Å². The van der Waals surface area contributed by atoms with Crippen molar-refractivity contribution in [3.63, 3.8) is 0 Å². The molecule has 5 unspecified atom stereocenters. The van der Waals surface area contributed by atoms with Crippen LogP contribution >= 0.6 is 11.6 Å². The van der Waals surface area contributed by atoms with Crippen LogP contribution in [0.4, 0.5) is 5.69 Å². The van der Waals surface area contributed by atoms with Gasteiger partial charge in [-0.1, -0.05) is 66.7 Å². The van der Waals surface area contributed by atoms with Crippen LogP contribution in [0.3, 0.4) is 0 Å². The molecule has 0 radical (unpaired) electrons. The fourth-order valence-electron chi connectivity index (χ4n) is 5.86. The molecule has 194 valence electrons. The number of esters is 1. The summed E-state index contributed by atoms with van der Waals surface area (Å²) < 4.78 is 11.9. The molecule has 3 aromatic carbocycles. The fraction of sp³-hybridized carbons (Fsp3) is 0.233. The lowest BCUT2D eigenvalue weighted by Gasteiger charge is -2.55. The van der Waals surface area contributed by atoms with Crippen LogP contribution in [0.15, 0.2) is 85.5 Å². The first kappa shape index (κ1) is 25.7. The quantitative estimate of drug-likeness (QED) is 0.308. The maximum absolute atomic E-state index is 13.9.